The minimum atomic E-state index is -4.88. The largest absolute Gasteiger partial charge is 0.481 e. The Morgan fingerprint density at radius 2 is 1.60 bits per heavy atom. The number of carboxylic acid groups (broad SMARTS) is 1. The molecule has 0 unspecified atom stereocenters. The number of halogens is 5. The Hall–Kier alpha value is -4.63. The van der Waals surface area contributed by atoms with Crippen LogP contribution in [0.2, 0.25) is 0 Å². The van der Waals surface area contributed by atoms with Crippen molar-refractivity contribution in [1.29, 1.82) is 0 Å². The van der Waals surface area contributed by atoms with E-state index in [2.05, 4.69) is 10.6 Å². The van der Waals surface area contributed by atoms with Gasteiger partial charge < -0.3 is 25.0 Å². The average Bonchev–Trinajstić information content (AvgIpc) is 3.02. The van der Waals surface area contributed by atoms with Crippen molar-refractivity contribution in [3.8, 4) is 11.1 Å². The molecule has 3 N–H and O–H groups in total. The van der Waals surface area contributed by atoms with Crippen molar-refractivity contribution < 1.29 is 46.2 Å². The minimum absolute atomic E-state index is 0.0139. The second-order valence-electron chi connectivity index (χ2n) is 14.0. The Labute approximate surface area is 304 Å². The second kappa shape index (κ2) is 17.0. The molecule has 0 saturated carbocycles. The zero-order valence-electron chi connectivity index (χ0n) is 30.5. The van der Waals surface area contributed by atoms with Crippen molar-refractivity contribution in [2.75, 3.05) is 26.7 Å². The van der Waals surface area contributed by atoms with E-state index in [1.807, 2.05) is 4.90 Å². The molecular weight excluding hydrogens is 703 g/mol. The van der Waals surface area contributed by atoms with Crippen molar-refractivity contribution >= 4 is 17.8 Å². The van der Waals surface area contributed by atoms with Gasteiger partial charge in [0.1, 0.15) is 28.9 Å². The number of amides is 2. The molecule has 2 atom stereocenters. The van der Waals surface area contributed by atoms with Crippen LogP contribution in [-0.2, 0) is 27.0 Å². The normalized spacial score (nSPS) is 14.9. The first kappa shape index (κ1) is 41.1. The number of hydrogen-bond acceptors (Lipinski definition) is 6. The molecular formula is C38H45F5N4O6. The number of alkyl halides is 3. The fourth-order valence-electron chi connectivity index (χ4n) is 6.71. The summed E-state index contributed by atoms with van der Waals surface area (Å²) in [5.41, 5.74) is -0.885. The molecule has 53 heavy (non-hydrogen) atoms. The number of aryl methyl sites for hydroxylation is 3. The van der Waals surface area contributed by atoms with Crippen LogP contribution in [0.5, 0.6) is 0 Å². The van der Waals surface area contributed by atoms with Crippen LogP contribution in [-0.4, -0.2) is 71.2 Å². The van der Waals surface area contributed by atoms with Crippen LogP contribution in [0.3, 0.4) is 0 Å². The van der Waals surface area contributed by atoms with Crippen molar-refractivity contribution in [1.82, 2.24) is 20.1 Å². The Balaban J connectivity index is 1.63. The molecule has 0 spiro atoms. The number of nitrogens with one attached hydrogen (secondary N) is 2. The molecule has 1 aliphatic heterocycles. The van der Waals surface area contributed by atoms with E-state index in [4.69, 9.17) is 4.74 Å². The van der Waals surface area contributed by atoms with Crippen LogP contribution in [0.25, 0.3) is 11.1 Å². The minimum Gasteiger partial charge on any atom is -0.481 e. The van der Waals surface area contributed by atoms with Gasteiger partial charge in [0.15, 0.2) is 0 Å². The molecule has 2 heterocycles. The summed E-state index contributed by atoms with van der Waals surface area (Å²) in [4.78, 5) is 54.7. The molecule has 2 amide bonds. The molecule has 0 aliphatic carbocycles. The number of ether oxygens (including phenoxy) is 1. The van der Waals surface area contributed by atoms with Gasteiger partial charge in [0.2, 0.25) is 5.91 Å². The molecule has 15 heteroatoms. The maximum Gasteiger partial charge on any atom is 0.431 e. The predicted molar refractivity (Wildman–Crippen MR) is 187 cm³/mol. The molecule has 0 radical (unpaired) electrons. The average molecular weight is 749 g/mol. The lowest BCUT2D eigenvalue weighted by Crippen LogP contribution is -2.52. The van der Waals surface area contributed by atoms with Gasteiger partial charge in [-0.2, -0.15) is 13.2 Å². The molecule has 1 aromatic heterocycles. The number of aromatic nitrogens is 1. The third-order valence-electron chi connectivity index (χ3n) is 9.29. The highest BCUT2D eigenvalue weighted by molar-refractivity contribution is 5.97. The smallest absolute Gasteiger partial charge is 0.431 e. The van der Waals surface area contributed by atoms with Crippen LogP contribution in [0, 0.1) is 38.3 Å². The van der Waals surface area contributed by atoms with E-state index < -0.39 is 70.9 Å². The number of nitrogens with zero attached hydrogens (tertiary/aromatic N) is 2. The third-order valence-corrected chi connectivity index (χ3v) is 9.29. The molecule has 1 saturated heterocycles. The summed E-state index contributed by atoms with van der Waals surface area (Å²) in [5.74, 6) is -4.85. The first-order valence-electron chi connectivity index (χ1n) is 17.3. The molecule has 0 bridgehead atoms. The van der Waals surface area contributed by atoms with E-state index in [0.29, 0.717) is 52.5 Å². The maximum absolute atomic E-state index is 15.7. The summed E-state index contributed by atoms with van der Waals surface area (Å²) in [6.07, 6.45) is -5.42. The third kappa shape index (κ3) is 10.1. The first-order chi connectivity index (χ1) is 24.8. The van der Waals surface area contributed by atoms with Gasteiger partial charge in [0.25, 0.3) is 11.5 Å². The van der Waals surface area contributed by atoms with Crippen molar-refractivity contribution in [3.05, 3.63) is 91.9 Å². The number of methoxy groups -OCH3 is 1. The summed E-state index contributed by atoms with van der Waals surface area (Å²) in [7, 11) is 1.56. The van der Waals surface area contributed by atoms with Gasteiger partial charge in [-0.3, -0.25) is 24.1 Å². The zero-order chi connectivity index (χ0) is 39.4. The van der Waals surface area contributed by atoms with E-state index in [1.165, 1.54) is 31.2 Å². The highest BCUT2D eigenvalue weighted by atomic mass is 19.4. The van der Waals surface area contributed by atoms with E-state index in [-0.39, 0.29) is 42.5 Å². The van der Waals surface area contributed by atoms with Crippen molar-refractivity contribution in [2.24, 2.45) is 5.92 Å². The molecule has 2 aromatic carbocycles. The number of carbonyl (C=O) groups excluding carboxylic acids is 2. The fourth-order valence-corrected chi connectivity index (χ4v) is 6.71. The van der Waals surface area contributed by atoms with Crippen LogP contribution in [0.1, 0.15) is 77.5 Å². The van der Waals surface area contributed by atoms with Gasteiger partial charge in [-0.1, -0.05) is 13.8 Å². The van der Waals surface area contributed by atoms with E-state index >= 15 is 4.39 Å². The number of carboxylic acids is 1. The number of rotatable bonds is 15. The van der Waals surface area contributed by atoms with Gasteiger partial charge in [-0.15, -0.1) is 0 Å². The lowest BCUT2D eigenvalue weighted by molar-refractivity contribution is -0.144. The van der Waals surface area contributed by atoms with Crippen LogP contribution in [0.4, 0.5) is 22.0 Å². The number of aliphatic carboxylic acids is 1. The summed E-state index contributed by atoms with van der Waals surface area (Å²) >= 11 is 0. The molecule has 1 aliphatic rings. The quantitative estimate of drug-likeness (QED) is 0.164. The standard InChI is InChI=1S/C38H45F5N4O6/c1-20(2)12-30(45-35(50)27-8-9-31(38(41,42)43)47(37(27)52)11-7-10-46-18-26(19-46)53-6)36(51)44-29(17-32(48)49)28-16-24(13-23(5)34(28)40)33-21(3)14-25(39)15-22(33)4/h8-9,13-16,20,26,29-30H,7,10-12,17-19H2,1-6H3,(H,44,51)(H,45,50)(H,48,49)/t29-,30-/m0/s1. The van der Waals surface area contributed by atoms with Gasteiger partial charge >= 0.3 is 12.1 Å². The van der Waals surface area contributed by atoms with Gasteiger partial charge in [0.05, 0.1) is 18.6 Å². The maximum atomic E-state index is 15.7. The Kier molecular flexibility index (Phi) is 13.2. The molecule has 10 nitrogen and oxygen atoms in total. The second-order valence-corrected chi connectivity index (χ2v) is 14.0. The lowest BCUT2D eigenvalue weighted by atomic mass is 9.90. The monoisotopic (exact) mass is 748 g/mol. The number of likely N-dealkylation sites (tertiary alicyclic amines) is 1. The molecule has 4 rings (SSSR count). The molecule has 1 fully saturated rings. The first-order valence-corrected chi connectivity index (χ1v) is 17.3. The van der Waals surface area contributed by atoms with E-state index in [9.17, 15) is 41.8 Å². The Morgan fingerprint density at radius 1 is 0.962 bits per heavy atom. The highest BCUT2D eigenvalue weighted by Gasteiger charge is 2.36. The lowest BCUT2D eigenvalue weighted by Gasteiger charge is -2.38. The Morgan fingerprint density at radius 3 is 2.17 bits per heavy atom. The highest BCUT2D eigenvalue weighted by Crippen LogP contribution is 2.34. The summed E-state index contributed by atoms with van der Waals surface area (Å²) < 4.78 is 77.4. The number of pyridine rings is 1. The summed E-state index contributed by atoms with van der Waals surface area (Å²) in [6.45, 7) is 9.59. The number of hydrogen-bond donors (Lipinski definition) is 3. The fraction of sp³-hybridized carbons (Fsp3) is 0.474. The van der Waals surface area contributed by atoms with Gasteiger partial charge in [-0.25, -0.2) is 8.78 Å². The van der Waals surface area contributed by atoms with Crippen molar-refractivity contribution in [2.45, 2.75) is 84.8 Å². The van der Waals surface area contributed by atoms with Crippen molar-refractivity contribution in [3.63, 3.8) is 0 Å². The Bertz CT molecular complexity index is 1880. The van der Waals surface area contributed by atoms with Crippen LogP contribution >= 0.6 is 0 Å². The topological polar surface area (TPSA) is 130 Å². The number of carbonyl (C=O) groups is 3. The van der Waals surface area contributed by atoms with Crippen LogP contribution < -0.4 is 16.2 Å². The number of benzene rings is 2. The predicted octanol–water partition coefficient (Wildman–Crippen LogP) is 5.93. The SMILES string of the molecule is COC1CN(CCCn2c(C(F)(F)F)ccc(C(=O)N[C@@H](CC(C)C)C(=O)N[C@@H](CC(=O)O)c3cc(-c4c(C)cc(F)cc4C)cc(C)c3F)c2=O)C1. The van der Waals surface area contributed by atoms with E-state index in [1.54, 1.807) is 34.8 Å². The van der Waals surface area contributed by atoms with Gasteiger partial charge in [-0.05, 0) is 104 Å². The zero-order valence-corrected chi connectivity index (χ0v) is 30.5. The molecule has 288 valence electrons. The van der Waals surface area contributed by atoms with E-state index in [0.717, 1.165) is 6.07 Å². The van der Waals surface area contributed by atoms with Crippen LogP contribution in [0.15, 0.2) is 41.2 Å². The molecule has 3 aromatic rings. The summed E-state index contributed by atoms with van der Waals surface area (Å²) in [5, 5.41) is 14.7. The summed E-state index contributed by atoms with van der Waals surface area (Å²) in [6, 6.07) is 4.14. The van der Waals surface area contributed by atoms with Gasteiger partial charge in [0, 0.05) is 38.9 Å².